The number of hydrogen-bond acceptors (Lipinski definition) is 3. The van der Waals surface area contributed by atoms with Gasteiger partial charge in [0.25, 0.3) is 0 Å². The van der Waals surface area contributed by atoms with Crippen LogP contribution in [0.3, 0.4) is 0 Å². The van der Waals surface area contributed by atoms with Crippen molar-refractivity contribution < 1.29 is 29.6 Å². The van der Waals surface area contributed by atoms with E-state index in [0.717, 1.165) is 0 Å². The van der Waals surface area contributed by atoms with Crippen molar-refractivity contribution >= 4 is 35.0 Å². The maximum absolute atomic E-state index is 4.64. The number of rotatable bonds is 1. The molecule has 52 valence electrons. The zero-order valence-corrected chi connectivity index (χ0v) is 9.71. The topological polar surface area (TPSA) is 24.9 Å². The van der Waals surface area contributed by atoms with Gasteiger partial charge in [-0.25, -0.2) is 4.98 Å². The number of nitrogens with one attached hydrogen (secondary N) is 1. The molecule has 0 aliphatic heterocycles. The van der Waals surface area contributed by atoms with Gasteiger partial charge in [0.05, 0.1) is 0 Å². The summed E-state index contributed by atoms with van der Waals surface area (Å²) in [5, 5.41) is 2.74. The van der Waals surface area contributed by atoms with E-state index in [2.05, 4.69) is 35.1 Å². The van der Waals surface area contributed by atoms with Crippen molar-refractivity contribution in [2.24, 2.45) is 0 Å². The van der Waals surface area contributed by atoms with Gasteiger partial charge in [-0.3, -0.25) is 0 Å². The van der Waals surface area contributed by atoms with Crippen molar-refractivity contribution in [3.05, 3.63) is 24.4 Å². The molecule has 2 nitrogen and oxygen atoms in total. The molecule has 11 heavy (non-hydrogen) atoms. The van der Waals surface area contributed by atoms with Gasteiger partial charge in [0, 0.05) is 6.20 Å². The van der Waals surface area contributed by atoms with Gasteiger partial charge < -0.3 is 30.2 Å². The van der Waals surface area contributed by atoms with Gasteiger partial charge in [-0.1, -0.05) is 10.4 Å². The van der Waals surface area contributed by atoms with E-state index in [4.69, 9.17) is 0 Å². The fraction of sp³-hybridized carbons (Fsp3) is 0. The molecule has 0 fully saturated rings. The van der Waals surface area contributed by atoms with Gasteiger partial charge in [-0.2, -0.15) is 0 Å². The average molecular weight is 192 g/mol. The molecule has 1 aromatic rings. The fourth-order valence-corrected chi connectivity index (χ4v) is 0.750. The minimum Gasteiger partial charge on any atom is -0.411 e. The maximum Gasteiger partial charge on any atom is 1.00 e. The quantitative estimate of drug-likeness (QED) is 0.327. The van der Waals surface area contributed by atoms with Gasteiger partial charge >= 0.3 is 29.6 Å². The van der Waals surface area contributed by atoms with Crippen LogP contribution >= 0.6 is 12.2 Å². The molecule has 1 aromatic heterocycles. The summed E-state index contributed by atoms with van der Waals surface area (Å²) in [5.74, 6) is 0.697. The molecule has 1 N–H and O–H groups in total. The Balaban J connectivity index is 0.000001000. The Kier molecular flexibility index (Phi) is 5.99. The van der Waals surface area contributed by atoms with Crippen molar-refractivity contribution in [1.82, 2.24) is 4.98 Å². The Labute approximate surface area is 98.5 Å². The minimum absolute atomic E-state index is 0. The Bertz CT molecular complexity index is 227. The number of hydrogen-bond donors (Lipinski definition) is 1. The van der Waals surface area contributed by atoms with Crippen LogP contribution in [0.15, 0.2) is 24.4 Å². The van der Waals surface area contributed by atoms with Crippen LogP contribution in [0.25, 0.3) is 0 Å². The van der Waals surface area contributed by atoms with E-state index in [1.807, 2.05) is 12.1 Å². The zero-order chi connectivity index (χ0) is 7.40. The number of pyridine rings is 1. The second-order valence-corrected chi connectivity index (χ2v) is 2.70. The van der Waals surface area contributed by atoms with Crippen LogP contribution < -0.4 is 34.9 Å². The summed E-state index contributed by atoms with van der Waals surface area (Å²) in [5.41, 5.74) is 0. The van der Waals surface area contributed by atoms with Gasteiger partial charge in [-0.15, -0.1) is 0 Å². The molecule has 1 heterocycles. The van der Waals surface area contributed by atoms with E-state index in [9.17, 15) is 0 Å². The smallest absolute Gasteiger partial charge is 0.411 e. The summed E-state index contributed by atoms with van der Waals surface area (Å²) >= 11 is 9.28. The summed E-state index contributed by atoms with van der Waals surface area (Å²) in [6.45, 7) is 0. The third-order valence-electron chi connectivity index (χ3n) is 0.895. The molecular formula is C6H5N2NaS2. The Hall–Kier alpha value is 0.260. The minimum atomic E-state index is 0. The molecule has 0 amide bonds. The van der Waals surface area contributed by atoms with Crippen molar-refractivity contribution in [2.45, 2.75) is 0 Å². The van der Waals surface area contributed by atoms with E-state index < -0.39 is 0 Å². The molecule has 0 spiro atoms. The van der Waals surface area contributed by atoms with E-state index in [0.29, 0.717) is 10.1 Å². The van der Waals surface area contributed by atoms with E-state index in [1.54, 1.807) is 12.3 Å². The van der Waals surface area contributed by atoms with Crippen LogP contribution in [0.2, 0.25) is 0 Å². The molecule has 5 heteroatoms. The van der Waals surface area contributed by atoms with Crippen molar-refractivity contribution in [3.63, 3.8) is 0 Å². The maximum atomic E-state index is 4.64. The third kappa shape index (κ3) is 4.66. The Morgan fingerprint density at radius 3 is 2.73 bits per heavy atom. The standard InChI is InChI=1S/C6H6N2S2.Na/c9-6(10)8-5-3-1-2-4-7-5;/h1-4H,(H2,7,8,9,10);/q;+1/p-1. The van der Waals surface area contributed by atoms with Crippen LogP contribution in [-0.2, 0) is 12.6 Å². The van der Waals surface area contributed by atoms with Crippen LogP contribution in [-0.4, -0.2) is 9.30 Å². The predicted molar refractivity (Wildman–Crippen MR) is 47.8 cm³/mol. The van der Waals surface area contributed by atoms with Gasteiger partial charge in [0.1, 0.15) is 5.82 Å². The zero-order valence-electron chi connectivity index (χ0n) is 6.07. The number of thiocarbonyl (C=S) groups is 1. The van der Waals surface area contributed by atoms with E-state index in [1.165, 1.54) is 0 Å². The van der Waals surface area contributed by atoms with E-state index in [-0.39, 0.29) is 29.6 Å². The van der Waals surface area contributed by atoms with Gasteiger partial charge in [0.15, 0.2) is 0 Å². The molecule has 1 rings (SSSR count). The summed E-state index contributed by atoms with van der Waals surface area (Å²) in [6.07, 6.45) is 1.68. The van der Waals surface area contributed by atoms with E-state index >= 15 is 0 Å². The SMILES string of the molecule is S=C([S-])Nc1ccccn1.[Na+]. The summed E-state index contributed by atoms with van der Waals surface area (Å²) in [6, 6.07) is 5.50. The molecule has 0 atom stereocenters. The molecule has 0 saturated heterocycles. The largest absolute Gasteiger partial charge is 1.00 e. The fourth-order valence-electron chi connectivity index (χ4n) is 0.541. The van der Waals surface area contributed by atoms with Gasteiger partial charge in [-0.05, 0) is 12.1 Å². The summed E-state index contributed by atoms with van der Waals surface area (Å²) in [7, 11) is 0. The van der Waals surface area contributed by atoms with Crippen LogP contribution in [0, 0.1) is 0 Å². The molecule has 0 aliphatic carbocycles. The molecule has 0 bridgehead atoms. The second-order valence-electron chi connectivity index (χ2n) is 1.63. The average Bonchev–Trinajstić information content (AvgIpc) is 1.88. The van der Waals surface area contributed by atoms with Gasteiger partial charge in [0.2, 0.25) is 0 Å². The second kappa shape index (κ2) is 5.85. The van der Waals surface area contributed by atoms with Crippen molar-refractivity contribution in [3.8, 4) is 0 Å². The predicted octanol–water partition coefficient (Wildman–Crippen LogP) is -1.67. The number of aromatic nitrogens is 1. The molecule has 0 radical (unpaired) electrons. The first-order valence-electron chi connectivity index (χ1n) is 2.68. The normalized spacial score (nSPS) is 8.00. The Morgan fingerprint density at radius 2 is 2.27 bits per heavy atom. The molecule has 0 aliphatic rings. The third-order valence-corrected chi connectivity index (χ3v) is 1.10. The summed E-state index contributed by atoms with van der Waals surface area (Å²) < 4.78 is 0.318. The summed E-state index contributed by atoms with van der Waals surface area (Å²) in [4.78, 5) is 3.95. The van der Waals surface area contributed by atoms with Crippen molar-refractivity contribution in [1.29, 1.82) is 0 Å². The number of anilines is 1. The first kappa shape index (κ1) is 11.3. The number of nitrogens with zero attached hydrogens (tertiary/aromatic N) is 1. The molecule has 0 aromatic carbocycles. The molecular weight excluding hydrogens is 187 g/mol. The molecule has 0 saturated carbocycles. The first-order chi connectivity index (χ1) is 4.79. The first-order valence-corrected chi connectivity index (χ1v) is 3.50. The van der Waals surface area contributed by atoms with Crippen molar-refractivity contribution in [2.75, 3.05) is 5.32 Å². The van der Waals surface area contributed by atoms with Crippen LogP contribution in [0.1, 0.15) is 0 Å². The Morgan fingerprint density at radius 1 is 1.55 bits per heavy atom. The van der Waals surface area contributed by atoms with Crippen LogP contribution in [0.5, 0.6) is 0 Å². The molecule has 0 unspecified atom stereocenters. The monoisotopic (exact) mass is 192 g/mol. The van der Waals surface area contributed by atoms with Crippen LogP contribution in [0.4, 0.5) is 5.82 Å².